The molecule has 1 aliphatic heterocycles. The molecule has 1 aliphatic rings. The third-order valence-electron chi connectivity index (χ3n) is 3.53. The number of hydrogen-bond acceptors (Lipinski definition) is 4. The van der Waals surface area contributed by atoms with Gasteiger partial charge in [-0.15, -0.1) is 0 Å². The van der Waals surface area contributed by atoms with Crippen molar-refractivity contribution in [2.75, 3.05) is 33.5 Å². The van der Waals surface area contributed by atoms with Gasteiger partial charge in [0.15, 0.2) is 0 Å². The van der Waals surface area contributed by atoms with Crippen molar-refractivity contribution < 1.29 is 14.2 Å². The van der Waals surface area contributed by atoms with E-state index in [2.05, 4.69) is 0 Å². The van der Waals surface area contributed by atoms with Crippen molar-refractivity contribution >= 4 is 0 Å². The molecular weight excluding hydrogens is 242 g/mol. The van der Waals surface area contributed by atoms with Gasteiger partial charge in [0.2, 0.25) is 0 Å². The second-order valence-electron chi connectivity index (χ2n) is 4.88. The summed E-state index contributed by atoms with van der Waals surface area (Å²) < 4.78 is 16.3. The molecule has 0 spiro atoms. The van der Waals surface area contributed by atoms with Gasteiger partial charge in [0, 0.05) is 31.2 Å². The van der Waals surface area contributed by atoms with E-state index in [-0.39, 0.29) is 6.04 Å². The van der Waals surface area contributed by atoms with Gasteiger partial charge in [-0.05, 0) is 18.9 Å². The molecule has 1 aromatic carbocycles. The summed E-state index contributed by atoms with van der Waals surface area (Å²) in [5.74, 6) is 1.23. The van der Waals surface area contributed by atoms with Gasteiger partial charge in [-0.25, -0.2) is 0 Å². The monoisotopic (exact) mass is 265 g/mol. The Morgan fingerprint density at radius 2 is 2.21 bits per heavy atom. The molecule has 106 valence electrons. The van der Waals surface area contributed by atoms with Crippen LogP contribution in [-0.2, 0) is 9.47 Å². The highest BCUT2D eigenvalue weighted by molar-refractivity contribution is 5.36. The largest absolute Gasteiger partial charge is 0.491 e. The minimum Gasteiger partial charge on any atom is -0.491 e. The lowest BCUT2D eigenvalue weighted by Gasteiger charge is -2.28. The van der Waals surface area contributed by atoms with Gasteiger partial charge in [0.1, 0.15) is 12.4 Å². The van der Waals surface area contributed by atoms with Crippen LogP contribution in [0.4, 0.5) is 0 Å². The zero-order valence-electron chi connectivity index (χ0n) is 11.5. The third kappa shape index (κ3) is 3.93. The van der Waals surface area contributed by atoms with E-state index in [9.17, 15) is 0 Å². The van der Waals surface area contributed by atoms with E-state index >= 15 is 0 Å². The molecule has 0 aliphatic carbocycles. The Hall–Kier alpha value is -1.10. The van der Waals surface area contributed by atoms with Crippen molar-refractivity contribution in [3.63, 3.8) is 0 Å². The number of para-hydroxylation sites is 1. The van der Waals surface area contributed by atoms with Gasteiger partial charge >= 0.3 is 0 Å². The van der Waals surface area contributed by atoms with Crippen LogP contribution in [0, 0.1) is 5.92 Å². The van der Waals surface area contributed by atoms with Crippen LogP contribution < -0.4 is 10.5 Å². The maximum absolute atomic E-state index is 6.38. The molecule has 2 N–H and O–H groups in total. The van der Waals surface area contributed by atoms with E-state index in [1.54, 1.807) is 7.11 Å². The first kappa shape index (κ1) is 14.3. The number of ether oxygens (including phenoxy) is 3. The Labute approximate surface area is 114 Å². The molecule has 1 saturated heterocycles. The van der Waals surface area contributed by atoms with Crippen molar-refractivity contribution in [3.05, 3.63) is 29.8 Å². The molecule has 1 aromatic rings. The topological polar surface area (TPSA) is 53.7 Å². The standard InChI is InChI=1S/C15H23NO3/c1-17-9-10-19-14-7-3-2-6-13(14)15(16)12-5-4-8-18-11-12/h2-3,6-7,12,15H,4-5,8-11,16H2,1H3. The normalized spacial score (nSPS) is 21.1. The van der Waals surface area contributed by atoms with Crippen molar-refractivity contribution in [1.82, 2.24) is 0 Å². The van der Waals surface area contributed by atoms with E-state index in [0.717, 1.165) is 37.4 Å². The quantitative estimate of drug-likeness (QED) is 0.801. The van der Waals surface area contributed by atoms with Gasteiger partial charge in [0.05, 0.1) is 13.2 Å². The van der Waals surface area contributed by atoms with Crippen LogP contribution in [-0.4, -0.2) is 33.5 Å². The van der Waals surface area contributed by atoms with E-state index < -0.39 is 0 Å². The smallest absolute Gasteiger partial charge is 0.124 e. The molecule has 1 fully saturated rings. The maximum Gasteiger partial charge on any atom is 0.124 e. The molecule has 2 rings (SSSR count). The number of hydrogen-bond donors (Lipinski definition) is 1. The minimum absolute atomic E-state index is 0.0287. The van der Waals surface area contributed by atoms with Gasteiger partial charge in [-0.2, -0.15) is 0 Å². The summed E-state index contributed by atoms with van der Waals surface area (Å²) in [4.78, 5) is 0. The molecule has 2 atom stereocenters. The summed E-state index contributed by atoms with van der Waals surface area (Å²) in [7, 11) is 1.67. The van der Waals surface area contributed by atoms with Crippen LogP contribution in [0.5, 0.6) is 5.75 Å². The first-order chi connectivity index (χ1) is 9.33. The van der Waals surface area contributed by atoms with Crippen LogP contribution >= 0.6 is 0 Å². The predicted molar refractivity (Wildman–Crippen MR) is 74.3 cm³/mol. The lowest BCUT2D eigenvalue weighted by Crippen LogP contribution is -2.29. The van der Waals surface area contributed by atoms with Crippen LogP contribution in [0.25, 0.3) is 0 Å². The fourth-order valence-corrected chi connectivity index (χ4v) is 2.43. The van der Waals surface area contributed by atoms with Gasteiger partial charge < -0.3 is 19.9 Å². The van der Waals surface area contributed by atoms with Crippen molar-refractivity contribution in [3.8, 4) is 5.75 Å². The molecule has 0 amide bonds. The predicted octanol–water partition coefficient (Wildman–Crippen LogP) is 2.14. The lowest BCUT2D eigenvalue weighted by molar-refractivity contribution is 0.0442. The highest BCUT2D eigenvalue weighted by atomic mass is 16.5. The SMILES string of the molecule is COCCOc1ccccc1C(N)C1CCCOC1. The second kappa shape index (κ2) is 7.48. The number of rotatable bonds is 6. The molecule has 0 radical (unpaired) electrons. The summed E-state index contributed by atoms with van der Waals surface area (Å²) in [5, 5.41) is 0. The van der Waals surface area contributed by atoms with Crippen LogP contribution in [0.15, 0.2) is 24.3 Å². The molecule has 0 bridgehead atoms. The van der Waals surface area contributed by atoms with E-state index in [0.29, 0.717) is 19.1 Å². The molecule has 0 saturated carbocycles. The van der Waals surface area contributed by atoms with Gasteiger partial charge in [-0.1, -0.05) is 18.2 Å². The van der Waals surface area contributed by atoms with Gasteiger partial charge in [0.25, 0.3) is 0 Å². The Morgan fingerprint density at radius 1 is 1.37 bits per heavy atom. The van der Waals surface area contributed by atoms with Crippen LogP contribution in [0.2, 0.25) is 0 Å². The average Bonchev–Trinajstić information content (AvgIpc) is 2.48. The molecule has 2 unspecified atom stereocenters. The fourth-order valence-electron chi connectivity index (χ4n) is 2.43. The average molecular weight is 265 g/mol. The maximum atomic E-state index is 6.38. The zero-order valence-corrected chi connectivity index (χ0v) is 11.5. The highest BCUT2D eigenvalue weighted by Crippen LogP contribution is 2.32. The van der Waals surface area contributed by atoms with Crippen molar-refractivity contribution in [2.24, 2.45) is 11.7 Å². The zero-order chi connectivity index (χ0) is 13.5. The van der Waals surface area contributed by atoms with E-state index in [1.807, 2.05) is 24.3 Å². The summed E-state index contributed by atoms with van der Waals surface area (Å²) >= 11 is 0. The Bertz CT molecular complexity index is 377. The minimum atomic E-state index is -0.0287. The Morgan fingerprint density at radius 3 is 2.95 bits per heavy atom. The fraction of sp³-hybridized carbons (Fsp3) is 0.600. The molecule has 4 heteroatoms. The Kier molecular flexibility index (Phi) is 5.63. The third-order valence-corrected chi connectivity index (χ3v) is 3.53. The lowest BCUT2D eigenvalue weighted by atomic mass is 9.89. The van der Waals surface area contributed by atoms with E-state index in [1.165, 1.54) is 0 Å². The summed E-state index contributed by atoms with van der Waals surface area (Å²) in [6, 6.07) is 7.95. The van der Waals surface area contributed by atoms with Gasteiger partial charge in [-0.3, -0.25) is 0 Å². The van der Waals surface area contributed by atoms with E-state index in [4.69, 9.17) is 19.9 Å². The van der Waals surface area contributed by atoms with Crippen LogP contribution in [0.3, 0.4) is 0 Å². The van der Waals surface area contributed by atoms with Crippen molar-refractivity contribution in [2.45, 2.75) is 18.9 Å². The summed E-state index contributed by atoms with van der Waals surface area (Å²) in [6.07, 6.45) is 2.21. The van der Waals surface area contributed by atoms with Crippen molar-refractivity contribution in [1.29, 1.82) is 0 Å². The molecule has 19 heavy (non-hydrogen) atoms. The van der Waals surface area contributed by atoms with Crippen LogP contribution in [0.1, 0.15) is 24.4 Å². The second-order valence-corrected chi connectivity index (χ2v) is 4.88. The molecule has 4 nitrogen and oxygen atoms in total. The summed E-state index contributed by atoms with van der Waals surface area (Å²) in [5.41, 5.74) is 7.45. The molecular formula is C15H23NO3. The first-order valence-electron chi connectivity index (χ1n) is 6.87. The Balaban J connectivity index is 2.04. The number of benzene rings is 1. The number of methoxy groups -OCH3 is 1. The first-order valence-corrected chi connectivity index (χ1v) is 6.87. The number of nitrogens with two attached hydrogens (primary N) is 1. The highest BCUT2D eigenvalue weighted by Gasteiger charge is 2.24. The molecule has 1 heterocycles. The summed E-state index contributed by atoms with van der Waals surface area (Å²) in [6.45, 7) is 2.72. The molecule has 0 aromatic heterocycles.